The highest BCUT2D eigenvalue weighted by Crippen LogP contribution is 2.37. The SMILES string of the molecule is CC(O)CN(CCNc1ccc(NC2=CC(c3ccnc(-n4ccn5c6c(cc5c4=O)CC(C)(C)C6)c3CO)=CN(C)C2O)nc1)C1COC1. The number of aromatic nitrogens is 4. The van der Waals surface area contributed by atoms with E-state index in [9.17, 15) is 20.1 Å². The standard InChI is InChI=1S/C37H46N8O5/c1-23(47)18-43(27-21-50-22-27)10-9-38-26-5-6-33(40-17-26)41-30-13-25(19-42(4)35(30)48)28-7-8-39-34(29(28)20-46)45-12-11-44-31(36(45)49)14-24-15-37(2,3)16-32(24)44/h5-8,11-14,17,19,23,27,35,38,46-48H,9-10,15-16,18,20-22H2,1-4H3,(H,40,41). The van der Waals surface area contributed by atoms with Gasteiger partial charge in [-0.25, -0.2) is 9.97 Å². The number of rotatable bonds is 12. The van der Waals surface area contributed by atoms with Gasteiger partial charge >= 0.3 is 0 Å². The van der Waals surface area contributed by atoms with Crippen LogP contribution in [0.4, 0.5) is 11.5 Å². The normalized spacial score (nSPS) is 19.3. The number of hydrogen-bond donors (Lipinski definition) is 5. The molecule has 50 heavy (non-hydrogen) atoms. The Morgan fingerprint density at radius 2 is 1.98 bits per heavy atom. The van der Waals surface area contributed by atoms with Crippen molar-refractivity contribution in [3.05, 3.63) is 99.8 Å². The zero-order valence-corrected chi connectivity index (χ0v) is 29.0. The topological polar surface area (TPSA) is 153 Å². The molecule has 0 saturated carbocycles. The van der Waals surface area contributed by atoms with E-state index in [0.29, 0.717) is 66.3 Å². The lowest BCUT2D eigenvalue weighted by Crippen LogP contribution is -2.52. The van der Waals surface area contributed by atoms with Crippen LogP contribution in [0, 0.1) is 5.41 Å². The predicted molar refractivity (Wildman–Crippen MR) is 192 cm³/mol. The molecule has 2 aliphatic heterocycles. The highest BCUT2D eigenvalue weighted by molar-refractivity contribution is 5.79. The molecule has 264 valence electrons. The predicted octanol–water partition coefficient (Wildman–Crippen LogP) is 2.59. The summed E-state index contributed by atoms with van der Waals surface area (Å²) in [4.78, 5) is 26.8. The van der Waals surface area contributed by atoms with Gasteiger partial charge in [-0.05, 0) is 66.6 Å². The van der Waals surface area contributed by atoms with Gasteiger partial charge in [0.05, 0.1) is 49.5 Å². The highest BCUT2D eigenvalue weighted by atomic mass is 16.5. The summed E-state index contributed by atoms with van der Waals surface area (Å²) in [7, 11) is 1.77. The van der Waals surface area contributed by atoms with E-state index in [1.165, 1.54) is 15.8 Å². The lowest BCUT2D eigenvalue weighted by Gasteiger charge is -2.38. The molecule has 1 saturated heterocycles. The molecule has 1 aliphatic carbocycles. The number of nitrogens with zero attached hydrogens (tertiary/aromatic N) is 6. The van der Waals surface area contributed by atoms with Gasteiger partial charge in [-0.3, -0.25) is 14.3 Å². The molecule has 6 heterocycles. The highest BCUT2D eigenvalue weighted by Gasteiger charge is 2.32. The lowest BCUT2D eigenvalue weighted by molar-refractivity contribution is -0.0724. The summed E-state index contributed by atoms with van der Waals surface area (Å²) in [5, 5.41) is 38.2. The van der Waals surface area contributed by atoms with Crippen molar-refractivity contribution in [3.8, 4) is 5.82 Å². The molecule has 0 spiro atoms. The van der Waals surface area contributed by atoms with E-state index < -0.39 is 12.3 Å². The number of ether oxygens (including phenoxy) is 1. The van der Waals surface area contributed by atoms with E-state index in [2.05, 4.69) is 39.3 Å². The summed E-state index contributed by atoms with van der Waals surface area (Å²) in [5.74, 6) is 0.912. The summed E-state index contributed by atoms with van der Waals surface area (Å²) in [6.45, 7) is 9.37. The van der Waals surface area contributed by atoms with E-state index in [1.807, 2.05) is 34.9 Å². The Morgan fingerprint density at radius 1 is 1.16 bits per heavy atom. The van der Waals surface area contributed by atoms with Crippen molar-refractivity contribution in [2.75, 3.05) is 50.5 Å². The van der Waals surface area contributed by atoms with Gasteiger partial charge in [0.2, 0.25) is 0 Å². The number of aliphatic hydroxyl groups excluding tert-OH is 3. The summed E-state index contributed by atoms with van der Waals surface area (Å²) in [6.07, 6.45) is 11.1. The fourth-order valence-electron chi connectivity index (χ4n) is 7.24. The minimum absolute atomic E-state index is 0.168. The van der Waals surface area contributed by atoms with Gasteiger partial charge < -0.3 is 40.0 Å². The van der Waals surface area contributed by atoms with E-state index in [4.69, 9.17) is 4.74 Å². The Balaban J connectivity index is 1.09. The number of fused-ring (bicyclic) bond motifs is 3. The molecule has 0 bridgehead atoms. The quantitative estimate of drug-likeness (QED) is 0.150. The molecular weight excluding hydrogens is 636 g/mol. The maximum Gasteiger partial charge on any atom is 0.280 e. The van der Waals surface area contributed by atoms with Gasteiger partial charge in [-0.15, -0.1) is 0 Å². The molecule has 13 heteroatoms. The molecule has 4 aromatic heterocycles. The number of aliphatic hydroxyl groups is 3. The second kappa shape index (κ2) is 13.6. The average molecular weight is 683 g/mol. The third-order valence-electron chi connectivity index (χ3n) is 9.80. The number of likely N-dealkylation sites (N-methyl/N-ethyl adjacent to an activating group) is 1. The van der Waals surface area contributed by atoms with Crippen molar-refractivity contribution in [3.63, 3.8) is 0 Å². The van der Waals surface area contributed by atoms with Crippen LogP contribution in [-0.4, -0.2) is 102 Å². The monoisotopic (exact) mass is 682 g/mol. The summed E-state index contributed by atoms with van der Waals surface area (Å²) >= 11 is 0. The van der Waals surface area contributed by atoms with Gasteiger partial charge in [0.25, 0.3) is 5.56 Å². The molecule has 2 atom stereocenters. The van der Waals surface area contributed by atoms with E-state index in [-0.39, 0.29) is 17.6 Å². The second-order valence-electron chi connectivity index (χ2n) is 14.4. The molecule has 5 N–H and O–H groups in total. The Hall–Kier alpha value is -4.53. The van der Waals surface area contributed by atoms with Crippen molar-refractivity contribution in [1.29, 1.82) is 0 Å². The molecule has 2 unspecified atom stereocenters. The van der Waals surface area contributed by atoms with Crippen LogP contribution in [0.3, 0.4) is 0 Å². The summed E-state index contributed by atoms with van der Waals surface area (Å²) < 4.78 is 8.82. The summed E-state index contributed by atoms with van der Waals surface area (Å²) in [5.41, 5.74) is 6.20. The molecule has 7 rings (SSSR count). The van der Waals surface area contributed by atoms with Crippen LogP contribution in [0.2, 0.25) is 0 Å². The molecule has 1 fully saturated rings. The van der Waals surface area contributed by atoms with Crippen molar-refractivity contribution in [2.45, 2.75) is 58.6 Å². The number of hydrogen-bond acceptors (Lipinski definition) is 11. The number of pyridine rings is 2. The van der Waals surface area contributed by atoms with Crippen LogP contribution in [0.1, 0.15) is 43.2 Å². The average Bonchev–Trinajstić information content (AvgIpc) is 3.54. The smallest absolute Gasteiger partial charge is 0.280 e. The molecule has 0 aromatic carbocycles. The Kier molecular flexibility index (Phi) is 9.26. The minimum Gasteiger partial charge on any atom is -0.392 e. The fraction of sp³-hybridized carbons (Fsp3) is 0.432. The van der Waals surface area contributed by atoms with Crippen LogP contribution < -0.4 is 16.2 Å². The zero-order chi connectivity index (χ0) is 35.2. The van der Waals surface area contributed by atoms with E-state index in [0.717, 1.165) is 30.6 Å². The molecule has 0 amide bonds. The van der Waals surface area contributed by atoms with Crippen LogP contribution >= 0.6 is 0 Å². The van der Waals surface area contributed by atoms with Gasteiger partial charge in [0.1, 0.15) is 17.2 Å². The Labute approximate surface area is 291 Å². The van der Waals surface area contributed by atoms with Crippen LogP contribution in [0.15, 0.2) is 71.8 Å². The maximum atomic E-state index is 13.8. The van der Waals surface area contributed by atoms with Crippen LogP contribution in [0.25, 0.3) is 16.9 Å². The number of nitrogens with one attached hydrogen (secondary N) is 2. The minimum atomic E-state index is -0.959. The lowest BCUT2D eigenvalue weighted by atomic mass is 9.90. The third-order valence-corrected chi connectivity index (χ3v) is 9.80. The number of allylic oxidation sites excluding steroid dienone is 2. The van der Waals surface area contributed by atoms with Crippen molar-refractivity contribution in [2.24, 2.45) is 5.41 Å². The van der Waals surface area contributed by atoms with Gasteiger partial charge in [0, 0.05) is 68.3 Å². The maximum absolute atomic E-state index is 13.8. The molecule has 0 radical (unpaired) electrons. The Morgan fingerprint density at radius 3 is 2.68 bits per heavy atom. The third kappa shape index (κ3) is 6.66. The molecule has 3 aliphatic rings. The van der Waals surface area contributed by atoms with Gasteiger partial charge in [0.15, 0.2) is 6.23 Å². The first-order chi connectivity index (χ1) is 24.0. The van der Waals surface area contributed by atoms with Gasteiger partial charge in [-0.1, -0.05) is 13.8 Å². The Bertz CT molecular complexity index is 1990. The molecular formula is C37H46N8O5. The molecule has 13 nitrogen and oxygen atoms in total. The van der Waals surface area contributed by atoms with Crippen molar-refractivity contribution < 1.29 is 20.1 Å². The fourth-order valence-corrected chi connectivity index (χ4v) is 7.24. The van der Waals surface area contributed by atoms with Crippen LogP contribution in [-0.2, 0) is 24.2 Å². The second-order valence-corrected chi connectivity index (χ2v) is 14.4. The van der Waals surface area contributed by atoms with Crippen molar-refractivity contribution >= 4 is 22.6 Å². The first-order valence-corrected chi connectivity index (χ1v) is 17.2. The first kappa shape index (κ1) is 33.9. The largest absolute Gasteiger partial charge is 0.392 e. The number of anilines is 2. The van der Waals surface area contributed by atoms with Gasteiger partial charge in [-0.2, -0.15) is 0 Å². The van der Waals surface area contributed by atoms with Crippen molar-refractivity contribution in [1.82, 2.24) is 28.7 Å². The molecule has 4 aromatic rings. The summed E-state index contributed by atoms with van der Waals surface area (Å²) in [6, 6.07) is 7.89. The van der Waals surface area contributed by atoms with E-state index >= 15 is 0 Å². The van der Waals surface area contributed by atoms with Crippen LogP contribution in [0.5, 0.6) is 0 Å². The van der Waals surface area contributed by atoms with E-state index in [1.54, 1.807) is 49.7 Å². The zero-order valence-electron chi connectivity index (χ0n) is 29.0. The first-order valence-electron chi connectivity index (χ1n) is 17.2.